The lowest BCUT2D eigenvalue weighted by Crippen LogP contribution is -2.04. The Kier molecular flexibility index (Phi) is 4.91. The summed E-state index contributed by atoms with van der Waals surface area (Å²) >= 11 is 1.68. The molecule has 1 rings (SSSR count). The molecule has 0 aromatic heterocycles. The molecule has 0 aliphatic rings. The smallest absolute Gasteiger partial charge is 0.125 e. The van der Waals surface area contributed by atoms with Crippen LogP contribution in [0.1, 0.15) is 18.6 Å². The second kappa shape index (κ2) is 5.98. The van der Waals surface area contributed by atoms with Crippen molar-refractivity contribution in [2.45, 2.75) is 13.0 Å². The van der Waals surface area contributed by atoms with Crippen molar-refractivity contribution < 1.29 is 14.2 Å². The van der Waals surface area contributed by atoms with Gasteiger partial charge < -0.3 is 9.84 Å². The number of ether oxygens (including phenoxy) is 1. The van der Waals surface area contributed by atoms with Crippen LogP contribution in [-0.4, -0.2) is 23.7 Å². The molecule has 2 nitrogen and oxygen atoms in total. The standard InChI is InChI=1S/C11H15FO2S/c1-8(13)10-7-9(12)3-4-11(10)14-5-6-15-2/h3-4,7-8,13H,5-6H2,1-2H3/t8-/m1/s1. The fourth-order valence-electron chi connectivity index (χ4n) is 1.21. The molecule has 0 aliphatic heterocycles. The Morgan fingerprint density at radius 1 is 1.53 bits per heavy atom. The maximum atomic E-state index is 12.9. The number of hydrogen-bond donors (Lipinski definition) is 1. The Labute approximate surface area is 93.5 Å². The Balaban J connectivity index is 2.77. The molecule has 0 radical (unpaired) electrons. The highest BCUT2D eigenvalue weighted by Crippen LogP contribution is 2.25. The highest BCUT2D eigenvalue weighted by atomic mass is 32.2. The van der Waals surface area contributed by atoms with E-state index in [1.54, 1.807) is 24.8 Å². The first-order valence-corrected chi connectivity index (χ1v) is 6.13. The molecule has 0 aliphatic carbocycles. The van der Waals surface area contributed by atoms with Crippen molar-refractivity contribution in [3.8, 4) is 5.75 Å². The largest absolute Gasteiger partial charge is 0.492 e. The predicted octanol–water partition coefficient (Wildman–Crippen LogP) is 2.62. The van der Waals surface area contributed by atoms with E-state index in [1.165, 1.54) is 12.1 Å². The molecule has 0 bridgehead atoms. The van der Waals surface area contributed by atoms with E-state index in [2.05, 4.69) is 0 Å². The van der Waals surface area contributed by atoms with Crippen LogP contribution in [0.4, 0.5) is 4.39 Å². The molecule has 0 amide bonds. The highest BCUT2D eigenvalue weighted by molar-refractivity contribution is 7.98. The van der Waals surface area contributed by atoms with Gasteiger partial charge in [0.25, 0.3) is 0 Å². The van der Waals surface area contributed by atoms with Gasteiger partial charge in [-0.1, -0.05) is 0 Å². The van der Waals surface area contributed by atoms with Crippen molar-refractivity contribution in [2.75, 3.05) is 18.6 Å². The quantitative estimate of drug-likeness (QED) is 0.788. The van der Waals surface area contributed by atoms with E-state index in [-0.39, 0.29) is 5.82 Å². The normalized spacial score (nSPS) is 12.5. The molecule has 1 atom stereocenters. The number of rotatable bonds is 5. The maximum Gasteiger partial charge on any atom is 0.125 e. The molecular formula is C11H15FO2S. The van der Waals surface area contributed by atoms with Gasteiger partial charge in [0.05, 0.1) is 12.7 Å². The third-order valence-electron chi connectivity index (χ3n) is 1.97. The maximum absolute atomic E-state index is 12.9. The molecule has 4 heteroatoms. The van der Waals surface area contributed by atoms with Gasteiger partial charge in [-0.3, -0.25) is 0 Å². The van der Waals surface area contributed by atoms with E-state index in [1.807, 2.05) is 6.26 Å². The summed E-state index contributed by atoms with van der Waals surface area (Å²) in [6.45, 7) is 2.16. The first-order chi connectivity index (χ1) is 7.15. The average molecular weight is 230 g/mol. The molecule has 0 heterocycles. The summed E-state index contributed by atoms with van der Waals surface area (Å²) in [5.74, 6) is 1.07. The lowest BCUT2D eigenvalue weighted by Gasteiger charge is -2.13. The molecule has 0 unspecified atom stereocenters. The monoisotopic (exact) mass is 230 g/mol. The molecule has 1 aromatic carbocycles. The van der Waals surface area contributed by atoms with Gasteiger partial charge in [-0.25, -0.2) is 4.39 Å². The van der Waals surface area contributed by atoms with Crippen LogP contribution >= 0.6 is 11.8 Å². The molecule has 0 saturated carbocycles. The fraction of sp³-hybridized carbons (Fsp3) is 0.455. The van der Waals surface area contributed by atoms with Gasteiger partial charge in [-0.05, 0) is 31.4 Å². The van der Waals surface area contributed by atoms with Gasteiger partial charge in [-0.2, -0.15) is 11.8 Å². The van der Waals surface area contributed by atoms with Crippen LogP contribution in [0.3, 0.4) is 0 Å². The molecule has 0 spiro atoms. The fourth-order valence-corrected chi connectivity index (χ4v) is 1.46. The van der Waals surface area contributed by atoms with E-state index >= 15 is 0 Å². The van der Waals surface area contributed by atoms with Gasteiger partial charge in [0.2, 0.25) is 0 Å². The van der Waals surface area contributed by atoms with Crippen LogP contribution in [-0.2, 0) is 0 Å². The van der Waals surface area contributed by atoms with Crippen LogP contribution in [0.2, 0.25) is 0 Å². The number of benzene rings is 1. The summed E-state index contributed by atoms with van der Waals surface area (Å²) in [6.07, 6.45) is 1.27. The number of aliphatic hydroxyl groups excluding tert-OH is 1. The van der Waals surface area contributed by atoms with E-state index in [4.69, 9.17) is 4.74 Å². The first kappa shape index (κ1) is 12.3. The van der Waals surface area contributed by atoms with Crippen LogP contribution in [0.5, 0.6) is 5.75 Å². The second-order valence-corrected chi connectivity index (χ2v) is 4.18. The van der Waals surface area contributed by atoms with Crippen molar-refractivity contribution in [2.24, 2.45) is 0 Å². The van der Waals surface area contributed by atoms with Crippen molar-refractivity contribution in [3.05, 3.63) is 29.6 Å². The lowest BCUT2D eigenvalue weighted by atomic mass is 10.1. The van der Waals surface area contributed by atoms with Crippen LogP contribution in [0, 0.1) is 5.82 Å². The first-order valence-electron chi connectivity index (χ1n) is 4.74. The van der Waals surface area contributed by atoms with Gasteiger partial charge in [0.1, 0.15) is 11.6 Å². The van der Waals surface area contributed by atoms with Gasteiger partial charge in [0, 0.05) is 11.3 Å². The van der Waals surface area contributed by atoms with Gasteiger partial charge >= 0.3 is 0 Å². The third kappa shape index (κ3) is 3.72. The summed E-state index contributed by atoms with van der Waals surface area (Å²) in [6, 6.07) is 4.19. The summed E-state index contributed by atoms with van der Waals surface area (Å²) in [7, 11) is 0. The minimum absolute atomic E-state index is 0.358. The zero-order valence-electron chi connectivity index (χ0n) is 8.87. The Morgan fingerprint density at radius 3 is 2.87 bits per heavy atom. The van der Waals surface area contributed by atoms with E-state index < -0.39 is 6.10 Å². The Hall–Kier alpha value is -0.740. The minimum Gasteiger partial charge on any atom is -0.492 e. The summed E-state index contributed by atoms with van der Waals surface area (Å²) in [5, 5.41) is 9.43. The number of halogens is 1. The Bertz CT molecular complexity index is 315. The van der Waals surface area contributed by atoms with Gasteiger partial charge in [-0.15, -0.1) is 0 Å². The molecular weight excluding hydrogens is 215 g/mol. The molecule has 0 fully saturated rings. The number of aliphatic hydroxyl groups is 1. The molecule has 0 saturated heterocycles. The zero-order valence-corrected chi connectivity index (χ0v) is 9.68. The van der Waals surface area contributed by atoms with Crippen LogP contribution in [0.15, 0.2) is 18.2 Å². The van der Waals surface area contributed by atoms with Crippen molar-refractivity contribution in [3.63, 3.8) is 0 Å². The third-order valence-corrected chi connectivity index (χ3v) is 2.54. The lowest BCUT2D eigenvalue weighted by molar-refractivity contribution is 0.191. The zero-order chi connectivity index (χ0) is 11.3. The second-order valence-electron chi connectivity index (χ2n) is 3.20. The molecule has 15 heavy (non-hydrogen) atoms. The Morgan fingerprint density at radius 2 is 2.27 bits per heavy atom. The highest BCUT2D eigenvalue weighted by Gasteiger charge is 2.10. The van der Waals surface area contributed by atoms with Crippen LogP contribution in [0.25, 0.3) is 0 Å². The molecule has 1 N–H and O–H groups in total. The summed E-state index contributed by atoms with van der Waals surface area (Å²) < 4.78 is 18.4. The number of thioether (sulfide) groups is 1. The minimum atomic E-state index is -0.718. The SMILES string of the molecule is CSCCOc1ccc(F)cc1[C@@H](C)O. The predicted molar refractivity (Wildman–Crippen MR) is 60.9 cm³/mol. The molecule has 84 valence electrons. The van der Waals surface area contributed by atoms with Crippen LogP contribution < -0.4 is 4.74 Å². The number of hydrogen-bond acceptors (Lipinski definition) is 3. The van der Waals surface area contributed by atoms with Crippen molar-refractivity contribution >= 4 is 11.8 Å². The van der Waals surface area contributed by atoms with Gasteiger partial charge in [0.15, 0.2) is 0 Å². The summed E-state index contributed by atoms with van der Waals surface area (Å²) in [5.41, 5.74) is 0.496. The van der Waals surface area contributed by atoms with Crippen molar-refractivity contribution in [1.82, 2.24) is 0 Å². The summed E-state index contributed by atoms with van der Waals surface area (Å²) in [4.78, 5) is 0. The topological polar surface area (TPSA) is 29.5 Å². The molecule has 1 aromatic rings. The van der Waals surface area contributed by atoms with E-state index in [9.17, 15) is 9.50 Å². The van der Waals surface area contributed by atoms with Crippen molar-refractivity contribution in [1.29, 1.82) is 0 Å². The average Bonchev–Trinajstić information content (AvgIpc) is 2.20. The van der Waals surface area contributed by atoms with E-state index in [0.29, 0.717) is 17.9 Å². The van der Waals surface area contributed by atoms with E-state index in [0.717, 1.165) is 5.75 Å².